The molecule has 2 rings (SSSR count). The van der Waals surface area contributed by atoms with Crippen LogP contribution in [0, 0.1) is 0 Å². The summed E-state index contributed by atoms with van der Waals surface area (Å²) in [5.74, 6) is 0.0451. The van der Waals surface area contributed by atoms with Crippen LogP contribution in [0.5, 0.6) is 0 Å². The number of likely N-dealkylation sites (N-methyl/N-ethyl adjacent to an activating group) is 1. The van der Waals surface area contributed by atoms with Crippen molar-refractivity contribution in [3.63, 3.8) is 0 Å². The molecule has 5 heteroatoms. The van der Waals surface area contributed by atoms with E-state index in [-0.39, 0.29) is 18.1 Å². The Hall–Kier alpha value is -1.10. The monoisotopic (exact) mass is 310 g/mol. The van der Waals surface area contributed by atoms with Crippen LogP contribution < -0.4 is 5.32 Å². The lowest BCUT2D eigenvalue weighted by Gasteiger charge is -2.23. The Balaban J connectivity index is 1.98. The number of hydrogen-bond acceptors (Lipinski definition) is 3. The third kappa shape index (κ3) is 5.30. The molecule has 2 atom stereocenters. The van der Waals surface area contributed by atoms with Gasteiger partial charge in [-0.3, -0.25) is 4.79 Å². The van der Waals surface area contributed by atoms with E-state index >= 15 is 0 Å². The molecular formula is C16H23ClN2O2. The molecule has 1 aromatic carbocycles. The Morgan fingerprint density at radius 3 is 2.71 bits per heavy atom. The van der Waals surface area contributed by atoms with Crippen LogP contribution in [0.2, 0.25) is 5.02 Å². The number of benzene rings is 1. The number of nitrogens with zero attached hydrogens (tertiary/aromatic N) is 1. The van der Waals surface area contributed by atoms with Gasteiger partial charge in [-0.25, -0.2) is 0 Å². The summed E-state index contributed by atoms with van der Waals surface area (Å²) < 4.78 is 5.52. The zero-order valence-electron chi connectivity index (χ0n) is 12.6. The highest BCUT2D eigenvalue weighted by atomic mass is 35.5. The maximum atomic E-state index is 12.2. The molecule has 0 saturated carbocycles. The lowest BCUT2D eigenvalue weighted by molar-refractivity contribution is -0.124. The molecule has 0 spiro atoms. The average Bonchev–Trinajstić information content (AvgIpc) is 2.91. The van der Waals surface area contributed by atoms with Gasteiger partial charge < -0.3 is 15.0 Å². The van der Waals surface area contributed by atoms with E-state index in [4.69, 9.17) is 16.3 Å². The second kappa shape index (κ2) is 7.78. The first kappa shape index (κ1) is 16.3. The predicted molar refractivity (Wildman–Crippen MR) is 84.5 cm³/mol. The van der Waals surface area contributed by atoms with E-state index < -0.39 is 0 Å². The zero-order valence-corrected chi connectivity index (χ0v) is 13.4. The quantitative estimate of drug-likeness (QED) is 0.878. The molecule has 1 amide bonds. The van der Waals surface area contributed by atoms with Crippen molar-refractivity contribution in [2.75, 3.05) is 27.2 Å². The van der Waals surface area contributed by atoms with E-state index in [1.807, 2.05) is 38.4 Å². The number of rotatable bonds is 6. The van der Waals surface area contributed by atoms with Gasteiger partial charge in [0.05, 0.1) is 18.6 Å². The summed E-state index contributed by atoms with van der Waals surface area (Å²) in [6.07, 6.45) is 2.55. The van der Waals surface area contributed by atoms with Gasteiger partial charge in [0.15, 0.2) is 0 Å². The summed E-state index contributed by atoms with van der Waals surface area (Å²) in [5, 5.41) is 3.81. The molecule has 0 unspecified atom stereocenters. The van der Waals surface area contributed by atoms with E-state index in [1.165, 1.54) is 0 Å². The zero-order chi connectivity index (χ0) is 15.2. The molecule has 1 aliphatic rings. The summed E-state index contributed by atoms with van der Waals surface area (Å²) in [5.41, 5.74) is 1.06. The van der Waals surface area contributed by atoms with E-state index in [2.05, 4.69) is 10.2 Å². The second-order valence-corrected chi connectivity index (χ2v) is 6.21. The normalized spacial score (nSPS) is 19.7. The van der Waals surface area contributed by atoms with Gasteiger partial charge in [-0.15, -0.1) is 0 Å². The van der Waals surface area contributed by atoms with E-state index in [0.29, 0.717) is 11.4 Å². The summed E-state index contributed by atoms with van der Waals surface area (Å²) in [4.78, 5) is 14.3. The summed E-state index contributed by atoms with van der Waals surface area (Å²) in [6, 6.07) is 7.59. The van der Waals surface area contributed by atoms with Gasteiger partial charge in [0.1, 0.15) is 0 Å². The lowest BCUT2D eigenvalue weighted by Crippen LogP contribution is -2.36. The fourth-order valence-electron chi connectivity index (χ4n) is 2.56. The molecule has 0 radical (unpaired) electrons. The molecular weight excluding hydrogens is 288 g/mol. The molecule has 21 heavy (non-hydrogen) atoms. The van der Waals surface area contributed by atoms with Crippen LogP contribution in [0.15, 0.2) is 24.3 Å². The number of carbonyl (C=O) groups excluding carboxylic acids is 1. The Morgan fingerprint density at radius 2 is 2.14 bits per heavy atom. The van der Waals surface area contributed by atoms with Crippen molar-refractivity contribution in [2.45, 2.75) is 31.4 Å². The molecule has 116 valence electrons. The average molecular weight is 311 g/mol. The molecule has 1 fully saturated rings. The first-order valence-electron chi connectivity index (χ1n) is 7.36. The Bertz CT molecular complexity index is 456. The molecule has 1 aliphatic heterocycles. The maximum absolute atomic E-state index is 12.2. The number of amides is 1. The highest BCUT2D eigenvalue weighted by Gasteiger charge is 2.21. The smallest absolute Gasteiger partial charge is 0.223 e. The van der Waals surface area contributed by atoms with Gasteiger partial charge in [-0.2, -0.15) is 0 Å². The number of nitrogens with one attached hydrogen (secondary N) is 1. The van der Waals surface area contributed by atoms with Crippen molar-refractivity contribution in [3.05, 3.63) is 34.9 Å². The van der Waals surface area contributed by atoms with Crippen LogP contribution in [0.25, 0.3) is 0 Å². The predicted octanol–water partition coefficient (Wildman–Crippen LogP) is 2.63. The summed E-state index contributed by atoms with van der Waals surface area (Å²) in [7, 11) is 3.99. The van der Waals surface area contributed by atoms with Crippen molar-refractivity contribution in [1.29, 1.82) is 0 Å². The van der Waals surface area contributed by atoms with Crippen LogP contribution >= 0.6 is 11.6 Å². The minimum atomic E-state index is -0.0360. The number of halogens is 1. The van der Waals surface area contributed by atoms with Crippen LogP contribution in [-0.4, -0.2) is 44.2 Å². The fourth-order valence-corrected chi connectivity index (χ4v) is 2.69. The second-order valence-electron chi connectivity index (χ2n) is 5.77. The minimum Gasteiger partial charge on any atom is -0.378 e. The lowest BCUT2D eigenvalue weighted by atomic mass is 10.1. The topological polar surface area (TPSA) is 41.6 Å². The Labute approximate surface area is 131 Å². The van der Waals surface area contributed by atoms with Gasteiger partial charge in [0.2, 0.25) is 5.91 Å². The molecule has 1 aromatic rings. The minimum absolute atomic E-state index is 0.0360. The Kier molecular flexibility index (Phi) is 6.03. The highest BCUT2D eigenvalue weighted by Crippen LogP contribution is 2.19. The van der Waals surface area contributed by atoms with Crippen molar-refractivity contribution >= 4 is 17.5 Å². The van der Waals surface area contributed by atoms with Crippen LogP contribution in [0.1, 0.15) is 30.9 Å². The third-order valence-corrected chi connectivity index (χ3v) is 3.84. The molecule has 4 nitrogen and oxygen atoms in total. The molecule has 1 saturated heterocycles. The van der Waals surface area contributed by atoms with Crippen molar-refractivity contribution in [1.82, 2.24) is 10.2 Å². The standard InChI is InChI=1S/C16H23ClN2O2/c1-19(2)11-15(12-5-7-13(17)8-6-12)18-16(20)10-14-4-3-9-21-14/h5-8,14-15H,3-4,9-11H2,1-2H3,(H,18,20)/t14-,15+/m1/s1. The van der Waals surface area contributed by atoms with E-state index in [1.54, 1.807) is 0 Å². The largest absolute Gasteiger partial charge is 0.378 e. The SMILES string of the molecule is CN(C)C[C@H](NC(=O)C[C@H]1CCCO1)c1ccc(Cl)cc1. The van der Waals surface area contributed by atoms with E-state index in [9.17, 15) is 4.79 Å². The third-order valence-electron chi connectivity index (χ3n) is 3.59. The summed E-state index contributed by atoms with van der Waals surface area (Å²) in [6.45, 7) is 1.52. The van der Waals surface area contributed by atoms with Crippen LogP contribution in [-0.2, 0) is 9.53 Å². The van der Waals surface area contributed by atoms with Gasteiger partial charge in [-0.1, -0.05) is 23.7 Å². The van der Waals surface area contributed by atoms with Crippen molar-refractivity contribution < 1.29 is 9.53 Å². The number of hydrogen-bond donors (Lipinski definition) is 1. The first-order chi connectivity index (χ1) is 10.0. The molecule has 0 aliphatic carbocycles. The van der Waals surface area contributed by atoms with Gasteiger partial charge in [0.25, 0.3) is 0 Å². The molecule has 0 aromatic heterocycles. The maximum Gasteiger partial charge on any atom is 0.223 e. The number of carbonyl (C=O) groups is 1. The molecule has 1 N–H and O–H groups in total. The molecule has 0 bridgehead atoms. The van der Waals surface area contributed by atoms with Crippen molar-refractivity contribution in [3.8, 4) is 0 Å². The van der Waals surface area contributed by atoms with E-state index in [0.717, 1.165) is 31.6 Å². The van der Waals surface area contributed by atoms with Crippen LogP contribution in [0.3, 0.4) is 0 Å². The van der Waals surface area contributed by atoms with Crippen LogP contribution in [0.4, 0.5) is 0 Å². The van der Waals surface area contributed by atoms with Gasteiger partial charge in [0, 0.05) is 18.2 Å². The highest BCUT2D eigenvalue weighted by molar-refractivity contribution is 6.30. The van der Waals surface area contributed by atoms with Gasteiger partial charge >= 0.3 is 0 Å². The fraction of sp³-hybridized carbons (Fsp3) is 0.562. The first-order valence-corrected chi connectivity index (χ1v) is 7.73. The molecule has 1 heterocycles. The number of ether oxygens (including phenoxy) is 1. The van der Waals surface area contributed by atoms with Crippen molar-refractivity contribution in [2.24, 2.45) is 0 Å². The Morgan fingerprint density at radius 1 is 1.43 bits per heavy atom. The van der Waals surface area contributed by atoms with Gasteiger partial charge in [-0.05, 0) is 44.6 Å². The summed E-state index contributed by atoms with van der Waals surface area (Å²) >= 11 is 5.93.